The van der Waals surface area contributed by atoms with Gasteiger partial charge in [-0.15, -0.1) is 12.6 Å². The highest BCUT2D eigenvalue weighted by atomic mass is 32.1. The summed E-state index contributed by atoms with van der Waals surface area (Å²) in [5, 5.41) is 0.750. The van der Waals surface area contributed by atoms with Crippen molar-refractivity contribution in [1.29, 1.82) is 0 Å². The van der Waals surface area contributed by atoms with Crippen molar-refractivity contribution in [2.24, 2.45) is 7.05 Å². The molecule has 0 amide bonds. The van der Waals surface area contributed by atoms with E-state index in [0.29, 0.717) is 6.61 Å². The van der Waals surface area contributed by atoms with Gasteiger partial charge in [-0.25, -0.2) is 9.78 Å². The number of imidazole rings is 1. The quantitative estimate of drug-likeness (QED) is 0.238. The van der Waals surface area contributed by atoms with Gasteiger partial charge in [0.25, 0.3) is 0 Å². The minimum atomic E-state index is -0.305. The fourth-order valence-corrected chi connectivity index (χ4v) is 2.31. The van der Waals surface area contributed by atoms with E-state index in [1.165, 1.54) is 63.9 Å². The van der Waals surface area contributed by atoms with Crippen LogP contribution in [0.4, 0.5) is 0 Å². The first-order valence-corrected chi connectivity index (χ1v) is 9.52. The summed E-state index contributed by atoms with van der Waals surface area (Å²) in [5.74, 6) is -0.305. The van der Waals surface area contributed by atoms with Gasteiger partial charge in [0.15, 0.2) is 5.16 Å². The molecule has 0 bridgehead atoms. The molecule has 0 atom stereocenters. The summed E-state index contributed by atoms with van der Waals surface area (Å²) in [6.45, 7) is 6.15. The van der Waals surface area contributed by atoms with E-state index in [1.807, 2.05) is 17.8 Å². The van der Waals surface area contributed by atoms with Gasteiger partial charge >= 0.3 is 5.97 Å². The number of hydrogen-bond donors (Lipinski definition) is 1. The van der Waals surface area contributed by atoms with E-state index in [0.717, 1.165) is 11.6 Å². The van der Waals surface area contributed by atoms with E-state index in [9.17, 15) is 4.79 Å². The lowest BCUT2D eigenvalue weighted by molar-refractivity contribution is -0.137. The molecule has 0 aliphatic carbocycles. The summed E-state index contributed by atoms with van der Waals surface area (Å²) < 4.78 is 6.74. The van der Waals surface area contributed by atoms with Gasteiger partial charge in [0, 0.05) is 25.5 Å². The van der Waals surface area contributed by atoms with Gasteiger partial charge in [0.2, 0.25) is 0 Å². The highest BCUT2D eigenvalue weighted by Gasteiger charge is 1.95. The molecule has 0 fully saturated rings. The van der Waals surface area contributed by atoms with Crippen LogP contribution in [0.15, 0.2) is 30.2 Å². The molecule has 0 unspecified atom stereocenters. The molecule has 5 heteroatoms. The molecular weight excluding hydrogens is 320 g/mol. The number of aryl methyl sites for hydroxylation is 1. The van der Waals surface area contributed by atoms with Crippen LogP contribution in [-0.2, 0) is 16.6 Å². The Morgan fingerprint density at radius 1 is 1.17 bits per heavy atom. The lowest BCUT2D eigenvalue weighted by Gasteiger charge is -2.03. The second kappa shape index (κ2) is 16.6. The fourth-order valence-electron chi connectivity index (χ4n) is 2.18. The third kappa shape index (κ3) is 14.4. The Labute approximate surface area is 153 Å². The average molecular weight is 355 g/mol. The first-order chi connectivity index (χ1) is 11.6. The summed E-state index contributed by atoms with van der Waals surface area (Å²) in [6.07, 6.45) is 17.7. The molecule has 0 saturated carbocycles. The lowest BCUT2D eigenvalue weighted by Crippen LogP contribution is -2.01. The second-order valence-corrected chi connectivity index (χ2v) is 6.29. The Bertz CT molecular complexity index is 416. The number of aromatic nitrogens is 2. The van der Waals surface area contributed by atoms with E-state index in [2.05, 4.69) is 31.1 Å². The molecule has 0 saturated heterocycles. The summed E-state index contributed by atoms with van der Waals surface area (Å²) in [4.78, 5) is 14.6. The number of unbranched alkanes of at least 4 members (excludes halogenated alkanes) is 9. The van der Waals surface area contributed by atoms with Crippen molar-refractivity contribution in [3.8, 4) is 0 Å². The molecule has 138 valence electrons. The molecular formula is C19H34N2O2S. The highest BCUT2D eigenvalue weighted by molar-refractivity contribution is 7.80. The first kappa shape index (κ1) is 22.8. The van der Waals surface area contributed by atoms with Crippen LogP contribution in [0.2, 0.25) is 0 Å². The maximum absolute atomic E-state index is 10.7. The van der Waals surface area contributed by atoms with E-state index >= 15 is 0 Å². The van der Waals surface area contributed by atoms with Crippen LogP contribution in [0.3, 0.4) is 0 Å². The van der Waals surface area contributed by atoms with Crippen LogP contribution in [0.1, 0.15) is 71.1 Å². The number of carbonyl (C=O) groups is 1. The minimum absolute atomic E-state index is 0.305. The van der Waals surface area contributed by atoms with Crippen molar-refractivity contribution in [2.45, 2.75) is 76.3 Å². The molecule has 0 aromatic carbocycles. The predicted octanol–water partition coefficient (Wildman–Crippen LogP) is 5.35. The molecule has 1 aromatic rings. The van der Waals surface area contributed by atoms with Crippen molar-refractivity contribution >= 4 is 18.6 Å². The van der Waals surface area contributed by atoms with Crippen molar-refractivity contribution in [2.75, 3.05) is 6.61 Å². The first-order valence-electron chi connectivity index (χ1n) is 9.07. The zero-order valence-corrected chi connectivity index (χ0v) is 16.3. The highest BCUT2D eigenvalue weighted by Crippen LogP contribution is 2.10. The summed E-state index contributed by atoms with van der Waals surface area (Å²) in [5.41, 5.74) is 0. The Kier molecular flexibility index (Phi) is 15.8. The van der Waals surface area contributed by atoms with Gasteiger partial charge in [0.1, 0.15) is 0 Å². The van der Waals surface area contributed by atoms with Gasteiger partial charge in [0.05, 0.1) is 6.61 Å². The third-order valence-electron chi connectivity index (χ3n) is 3.70. The van der Waals surface area contributed by atoms with E-state index in [4.69, 9.17) is 4.74 Å². The normalized spacial score (nSPS) is 9.96. The van der Waals surface area contributed by atoms with Crippen molar-refractivity contribution in [3.63, 3.8) is 0 Å². The largest absolute Gasteiger partial charge is 0.463 e. The monoisotopic (exact) mass is 354 g/mol. The number of carbonyl (C=O) groups excluding carboxylic acids is 1. The topological polar surface area (TPSA) is 44.1 Å². The molecule has 24 heavy (non-hydrogen) atoms. The van der Waals surface area contributed by atoms with E-state index < -0.39 is 0 Å². The van der Waals surface area contributed by atoms with Gasteiger partial charge in [-0.3, -0.25) is 0 Å². The number of esters is 1. The molecule has 0 spiro atoms. The van der Waals surface area contributed by atoms with Gasteiger partial charge in [-0.05, 0) is 6.42 Å². The number of nitrogens with zero attached hydrogens (tertiary/aromatic N) is 2. The van der Waals surface area contributed by atoms with Crippen LogP contribution < -0.4 is 0 Å². The average Bonchev–Trinajstić information content (AvgIpc) is 2.96. The Morgan fingerprint density at radius 3 is 2.08 bits per heavy atom. The van der Waals surface area contributed by atoms with Gasteiger partial charge in [-0.2, -0.15) is 0 Å². The van der Waals surface area contributed by atoms with Crippen molar-refractivity contribution in [1.82, 2.24) is 9.55 Å². The van der Waals surface area contributed by atoms with Gasteiger partial charge in [-0.1, -0.05) is 71.3 Å². The van der Waals surface area contributed by atoms with Crippen LogP contribution in [0.5, 0.6) is 0 Å². The van der Waals surface area contributed by atoms with Crippen LogP contribution in [0, 0.1) is 0 Å². The summed E-state index contributed by atoms with van der Waals surface area (Å²) >= 11 is 4.00. The molecule has 1 aromatic heterocycles. The standard InChI is InChI=1S/C15H28O2.C4H6N2S/c1-3-5-6-7-8-9-10-11-12-13-14-17-15(16)4-2;1-6-3-2-5-4(6)7/h4H,2-3,5-14H2,1H3;2-3H,1H3,(H,5,7). The Balaban J connectivity index is 0.000000620. The van der Waals surface area contributed by atoms with Crippen molar-refractivity contribution in [3.05, 3.63) is 25.0 Å². The zero-order valence-electron chi connectivity index (χ0n) is 15.4. The Hall–Kier alpha value is -1.23. The van der Waals surface area contributed by atoms with Crippen molar-refractivity contribution < 1.29 is 9.53 Å². The maximum atomic E-state index is 10.7. The number of hydrogen-bond acceptors (Lipinski definition) is 4. The number of ether oxygens (including phenoxy) is 1. The van der Waals surface area contributed by atoms with E-state index in [1.54, 1.807) is 6.20 Å². The second-order valence-electron chi connectivity index (χ2n) is 5.89. The van der Waals surface area contributed by atoms with Gasteiger partial charge < -0.3 is 9.30 Å². The summed E-state index contributed by atoms with van der Waals surface area (Å²) in [7, 11) is 1.90. The minimum Gasteiger partial charge on any atom is -0.463 e. The fraction of sp³-hybridized carbons (Fsp3) is 0.684. The van der Waals surface area contributed by atoms with Crippen LogP contribution in [0.25, 0.3) is 0 Å². The molecule has 0 N–H and O–H groups in total. The predicted molar refractivity (Wildman–Crippen MR) is 103 cm³/mol. The summed E-state index contributed by atoms with van der Waals surface area (Å²) in [6, 6.07) is 0. The Morgan fingerprint density at radius 2 is 1.71 bits per heavy atom. The number of rotatable bonds is 12. The molecule has 1 rings (SSSR count). The third-order valence-corrected chi connectivity index (χ3v) is 4.14. The van der Waals surface area contributed by atoms with E-state index in [-0.39, 0.29) is 5.97 Å². The van der Waals surface area contributed by atoms with Crippen LogP contribution in [-0.4, -0.2) is 22.1 Å². The SMILES string of the molecule is C=CC(=O)OCCCCCCCCCCCC.Cn1ccnc1S. The maximum Gasteiger partial charge on any atom is 0.330 e. The molecule has 0 aliphatic heterocycles. The zero-order chi connectivity index (χ0) is 18.0. The molecule has 0 aliphatic rings. The van der Waals surface area contributed by atoms with Crippen LogP contribution >= 0.6 is 12.6 Å². The smallest absolute Gasteiger partial charge is 0.330 e. The molecule has 0 radical (unpaired) electrons. The lowest BCUT2D eigenvalue weighted by atomic mass is 10.1. The molecule has 4 nitrogen and oxygen atoms in total. The molecule has 1 heterocycles. The number of thiol groups is 1.